The zero-order chi connectivity index (χ0) is 15.2. The molecule has 2 unspecified atom stereocenters. The van der Waals surface area contributed by atoms with E-state index < -0.39 is 0 Å². The number of aromatic nitrogens is 1. The van der Waals surface area contributed by atoms with E-state index in [9.17, 15) is 0 Å². The van der Waals surface area contributed by atoms with Crippen LogP contribution in [0.2, 0.25) is 0 Å². The van der Waals surface area contributed by atoms with Crippen LogP contribution in [-0.2, 0) is 11.3 Å². The van der Waals surface area contributed by atoms with E-state index >= 15 is 0 Å². The maximum Gasteiger partial charge on any atom is 0.133 e. The summed E-state index contributed by atoms with van der Waals surface area (Å²) in [5, 5.41) is 3.52. The molecule has 2 atom stereocenters. The van der Waals surface area contributed by atoms with Crippen LogP contribution in [0.15, 0.2) is 18.3 Å². The number of hydrogen-bond donors (Lipinski definition) is 1. The fourth-order valence-electron chi connectivity index (χ4n) is 2.88. The molecule has 0 spiro atoms. The lowest BCUT2D eigenvalue weighted by Gasteiger charge is -2.37. The molecule has 0 aliphatic carbocycles. The molecular weight excluding hydrogens is 262 g/mol. The summed E-state index contributed by atoms with van der Waals surface area (Å²) in [4.78, 5) is 7.00. The van der Waals surface area contributed by atoms with Crippen molar-refractivity contribution < 1.29 is 4.74 Å². The van der Waals surface area contributed by atoms with Gasteiger partial charge in [-0.05, 0) is 30.9 Å². The molecule has 1 N–H and O–H groups in total. The van der Waals surface area contributed by atoms with Gasteiger partial charge in [0.2, 0.25) is 0 Å². The van der Waals surface area contributed by atoms with Crippen molar-refractivity contribution >= 4 is 5.82 Å². The lowest BCUT2D eigenvalue weighted by molar-refractivity contribution is 0.0496. The molecule has 4 heteroatoms. The predicted molar refractivity (Wildman–Crippen MR) is 87.6 cm³/mol. The first-order chi connectivity index (χ1) is 10.1. The number of ether oxygens (including phenoxy) is 1. The first kappa shape index (κ1) is 16.2. The van der Waals surface area contributed by atoms with Crippen molar-refractivity contribution in [2.45, 2.75) is 39.8 Å². The Labute approximate surface area is 128 Å². The molecule has 2 heterocycles. The summed E-state index contributed by atoms with van der Waals surface area (Å²) in [6.45, 7) is 10.6. The molecule has 1 aromatic heterocycles. The Kier molecular flexibility index (Phi) is 6.00. The van der Waals surface area contributed by atoms with E-state index in [0.717, 1.165) is 38.4 Å². The Balaban J connectivity index is 2.05. The third kappa shape index (κ3) is 4.42. The Hall–Kier alpha value is -1.13. The molecule has 2 rings (SSSR count). The van der Waals surface area contributed by atoms with E-state index in [4.69, 9.17) is 4.74 Å². The third-order valence-corrected chi connectivity index (χ3v) is 4.23. The van der Waals surface area contributed by atoms with Gasteiger partial charge in [0.25, 0.3) is 0 Å². The molecule has 1 fully saturated rings. The maximum absolute atomic E-state index is 5.62. The summed E-state index contributed by atoms with van der Waals surface area (Å²) < 4.78 is 5.62. The molecule has 0 amide bonds. The van der Waals surface area contributed by atoms with E-state index in [1.807, 2.05) is 19.4 Å². The van der Waals surface area contributed by atoms with Gasteiger partial charge < -0.3 is 15.0 Å². The van der Waals surface area contributed by atoms with Gasteiger partial charge in [-0.2, -0.15) is 0 Å². The lowest BCUT2D eigenvalue weighted by atomic mass is 9.95. The van der Waals surface area contributed by atoms with Gasteiger partial charge in [0.05, 0.1) is 6.10 Å². The average Bonchev–Trinajstić information content (AvgIpc) is 2.48. The van der Waals surface area contributed by atoms with Gasteiger partial charge >= 0.3 is 0 Å². The number of anilines is 1. The third-order valence-electron chi connectivity index (χ3n) is 4.23. The van der Waals surface area contributed by atoms with E-state index in [2.05, 4.69) is 42.0 Å². The zero-order valence-electron chi connectivity index (χ0n) is 13.8. The number of nitrogens with zero attached hydrogens (tertiary/aromatic N) is 2. The van der Waals surface area contributed by atoms with Crippen LogP contribution in [0, 0.1) is 11.8 Å². The second kappa shape index (κ2) is 7.76. The summed E-state index contributed by atoms with van der Waals surface area (Å²) in [6.07, 6.45) is 3.35. The second-order valence-electron chi connectivity index (χ2n) is 6.50. The summed E-state index contributed by atoms with van der Waals surface area (Å²) in [5.74, 6) is 2.40. The number of pyridine rings is 1. The minimum absolute atomic E-state index is 0.303. The molecule has 4 nitrogen and oxygen atoms in total. The summed E-state index contributed by atoms with van der Waals surface area (Å²) in [6, 6.07) is 4.20. The highest BCUT2D eigenvalue weighted by Gasteiger charge is 2.27. The molecule has 0 saturated carbocycles. The first-order valence-electron chi connectivity index (χ1n) is 8.04. The molecule has 0 radical (unpaired) electrons. The van der Waals surface area contributed by atoms with E-state index in [1.54, 1.807) is 0 Å². The van der Waals surface area contributed by atoms with Gasteiger partial charge in [-0.15, -0.1) is 0 Å². The average molecular weight is 291 g/mol. The maximum atomic E-state index is 5.62. The fourth-order valence-corrected chi connectivity index (χ4v) is 2.88. The monoisotopic (exact) mass is 291 g/mol. The molecule has 1 aromatic rings. The SMILES string of the molecule is COC1CN(c2ncccc2CNCC(C)C)CCC1C. The second-order valence-corrected chi connectivity index (χ2v) is 6.50. The van der Waals surface area contributed by atoms with Crippen LogP contribution in [0.1, 0.15) is 32.8 Å². The molecular formula is C17H29N3O. The number of rotatable bonds is 6. The largest absolute Gasteiger partial charge is 0.379 e. The summed E-state index contributed by atoms with van der Waals surface area (Å²) in [7, 11) is 1.81. The van der Waals surface area contributed by atoms with Gasteiger partial charge in [-0.1, -0.05) is 26.8 Å². The van der Waals surface area contributed by atoms with Crippen molar-refractivity contribution in [1.29, 1.82) is 0 Å². The van der Waals surface area contributed by atoms with Crippen LogP contribution in [0.25, 0.3) is 0 Å². The van der Waals surface area contributed by atoms with E-state index in [0.29, 0.717) is 17.9 Å². The normalized spacial score (nSPS) is 22.8. The highest BCUT2D eigenvalue weighted by molar-refractivity contribution is 5.47. The van der Waals surface area contributed by atoms with Crippen molar-refractivity contribution in [2.75, 3.05) is 31.6 Å². The van der Waals surface area contributed by atoms with Crippen LogP contribution in [-0.4, -0.2) is 37.8 Å². The van der Waals surface area contributed by atoms with Crippen LogP contribution < -0.4 is 10.2 Å². The van der Waals surface area contributed by atoms with Crippen LogP contribution in [0.4, 0.5) is 5.82 Å². The number of piperidine rings is 1. The molecule has 1 aliphatic heterocycles. The van der Waals surface area contributed by atoms with E-state index in [-0.39, 0.29) is 0 Å². The first-order valence-corrected chi connectivity index (χ1v) is 8.04. The number of nitrogens with one attached hydrogen (secondary N) is 1. The van der Waals surface area contributed by atoms with Crippen molar-refractivity contribution in [1.82, 2.24) is 10.3 Å². The molecule has 21 heavy (non-hydrogen) atoms. The van der Waals surface area contributed by atoms with Gasteiger partial charge in [-0.3, -0.25) is 0 Å². The Morgan fingerprint density at radius 1 is 1.48 bits per heavy atom. The zero-order valence-corrected chi connectivity index (χ0v) is 13.8. The van der Waals surface area contributed by atoms with Crippen molar-refractivity contribution in [2.24, 2.45) is 11.8 Å². The lowest BCUT2D eigenvalue weighted by Crippen LogP contribution is -2.44. The minimum atomic E-state index is 0.303. The molecule has 0 aromatic carbocycles. The number of hydrogen-bond acceptors (Lipinski definition) is 4. The van der Waals surface area contributed by atoms with Gasteiger partial charge in [0.15, 0.2) is 0 Å². The quantitative estimate of drug-likeness (QED) is 0.874. The van der Waals surface area contributed by atoms with Gasteiger partial charge in [-0.25, -0.2) is 4.98 Å². The van der Waals surface area contributed by atoms with Crippen molar-refractivity contribution in [3.05, 3.63) is 23.9 Å². The molecule has 118 valence electrons. The van der Waals surface area contributed by atoms with Gasteiger partial charge in [0.1, 0.15) is 5.82 Å². The standard InChI is InChI=1S/C17H29N3O/c1-13(2)10-18-11-15-6-5-8-19-17(15)20-9-7-14(3)16(12-20)21-4/h5-6,8,13-14,16,18H,7,9-12H2,1-4H3. The van der Waals surface area contributed by atoms with Gasteiger partial charge in [0, 0.05) is 38.5 Å². The van der Waals surface area contributed by atoms with Crippen LogP contribution >= 0.6 is 0 Å². The summed E-state index contributed by atoms with van der Waals surface area (Å²) >= 11 is 0. The van der Waals surface area contributed by atoms with Crippen molar-refractivity contribution in [3.63, 3.8) is 0 Å². The minimum Gasteiger partial charge on any atom is -0.379 e. The van der Waals surface area contributed by atoms with Crippen LogP contribution in [0.5, 0.6) is 0 Å². The highest BCUT2D eigenvalue weighted by atomic mass is 16.5. The summed E-state index contributed by atoms with van der Waals surface area (Å²) in [5.41, 5.74) is 1.28. The number of methoxy groups -OCH3 is 1. The Bertz CT molecular complexity index is 436. The molecule has 1 saturated heterocycles. The molecule has 0 bridgehead atoms. The van der Waals surface area contributed by atoms with Crippen molar-refractivity contribution in [3.8, 4) is 0 Å². The fraction of sp³-hybridized carbons (Fsp3) is 0.706. The molecule has 1 aliphatic rings. The smallest absolute Gasteiger partial charge is 0.133 e. The Morgan fingerprint density at radius 3 is 3.00 bits per heavy atom. The van der Waals surface area contributed by atoms with Crippen LogP contribution in [0.3, 0.4) is 0 Å². The highest BCUT2D eigenvalue weighted by Crippen LogP contribution is 2.25. The Morgan fingerprint density at radius 2 is 2.29 bits per heavy atom. The van der Waals surface area contributed by atoms with E-state index in [1.165, 1.54) is 5.56 Å². The predicted octanol–water partition coefficient (Wildman–Crippen LogP) is 2.69. The topological polar surface area (TPSA) is 37.4 Å².